The molecule has 0 fully saturated rings. The quantitative estimate of drug-likeness (QED) is 0.894. The van der Waals surface area contributed by atoms with Crippen molar-refractivity contribution in [1.29, 1.82) is 0 Å². The molecule has 17 heavy (non-hydrogen) atoms. The Morgan fingerprint density at radius 1 is 1.41 bits per heavy atom. The van der Waals surface area contributed by atoms with E-state index in [4.69, 9.17) is 9.52 Å². The van der Waals surface area contributed by atoms with Crippen LogP contribution in [0.1, 0.15) is 16.1 Å². The molecule has 0 saturated carbocycles. The fraction of sp³-hybridized carbons (Fsp3) is 0.0909. The second-order valence-corrected chi connectivity index (χ2v) is 4.66. The molecule has 1 unspecified atom stereocenters. The Hall–Kier alpha value is -1.95. The van der Waals surface area contributed by atoms with Gasteiger partial charge in [-0.05, 0) is 23.8 Å². The Kier molecular flexibility index (Phi) is 3.34. The van der Waals surface area contributed by atoms with Crippen molar-refractivity contribution >= 4 is 16.8 Å². The summed E-state index contributed by atoms with van der Waals surface area (Å²) in [6, 6.07) is 6.25. The third-order valence-corrected chi connectivity index (χ3v) is 3.30. The molecule has 2 aromatic heterocycles. The van der Waals surface area contributed by atoms with E-state index in [9.17, 15) is 9.00 Å². The second kappa shape index (κ2) is 4.92. The first-order valence-corrected chi connectivity index (χ1v) is 6.09. The van der Waals surface area contributed by atoms with Gasteiger partial charge in [-0.1, -0.05) is 6.07 Å². The molecule has 0 aromatic carbocycles. The SMILES string of the molecule is O=C(O)c1ccc(S(=O)Cc2cccnc2)o1. The van der Waals surface area contributed by atoms with E-state index >= 15 is 0 Å². The van der Waals surface area contributed by atoms with Crippen molar-refractivity contribution in [1.82, 2.24) is 4.98 Å². The van der Waals surface area contributed by atoms with Crippen LogP contribution in [-0.2, 0) is 16.6 Å². The smallest absolute Gasteiger partial charge is 0.371 e. The van der Waals surface area contributed by atoms with Gasteiger partial charge < -0.3 is 9.52 Å². The van der Waals surface area contributed by atoms with Crippen LogP contribution in [0.3, 0.4) is 0 Å². The van der Waals surface area contributed by atoms with E-state index < -0.39 is 16.8 Å². The Bertz CT molecular complexity index is 550. The Morgan fingerprint density at radius 3 is 2.82 bits per heavy atom. The van der Waals surface area contributed by atoms with Crippen LogP contribution in [-0.4, -0.2) is 20.3 Å². The summed E-state index contributed by atoms with van der Waals surface area (Å²) in [4.78, 5) is 14.5. The zero-order chi connectivity index (χ0) is 12.3. The molecule has 0 aliphatic carbocycles. The fourth-order valence-corrected chi connectivity index (χ4v) is 2.28. The topological polar surface area (TPSA) is 80.4 Å². The van der Waals surface area contributed by atoms with Gasteiger partial charge in [-0.25, -0.2) is 4.79 Å². The van der Waals surface area contributed by atoms with Gasteiger partial charge in [0.25, 0.3) is 0 Å². The first kappa shape index (κ1) is 11.5. The largest absolute Gasteiger partial charge is 0.475 e. The summed E-state index contributed by atoms with van der Waals surface area (Å²) in [5, 5.41) is 8.83. The number of pyridine rings is 1. The average molecular weight is 251 g/mol. The molecule has 6 heteroatoms. The molecule has 88 valence electrons. The number of carboxylic acids is 1. The number of hydrogen-bond donors (Lipinski definition) is 1. The highest BCUT2D eigenvalue weighted by Gasteiger charge is 2.13. The molecule has 0 spiro atoms. The van der Waals surface area contributed by atoms with E-state index in [1.54, 1.807) is 24.5 Å². The first-order chi connectivity index (χ1) is 8.16. The molecule has 0 amide bonds. The minimum atomic E-state index is -1.40. The molecule has 2 heterocycles. The predicted octanol–water partition coefficient (Wildman–Crippen LogP) is 1.68. The highest BCUT2D eigenvalue weighted by atomic mass is 32.2. The number of hydrogen-bond acceptors (Lipinski definition) is 4. The number of aromatic nitrogens is 1. The first-order valence-electron chi connectivity index (χ1n) is 4.77. The maximum atomic E-state index is 11.8. The lowest BCUT2D eigenvalue weighted by Gasteiger charge is -1.98. The minimum absolute atomic E-state index is 0.159. The van der Waals surface area contributed by atoms with Crippen LogP contribution in [0.5, 0.6) is 0 Å². The van der Waals surface area contributed by atoms with Gasteiger partial charge >= 0.3 is 5.97 Å². The normalized spacial score (nSPS) is 12.2. The molecule has 5 nitrogen and oxygen atoms in total. The zero-order valence-corrected chi connectivity index (χ0v) is 9.52. The van der Waals surface area contributed by atoms with Crippen molar-refractivity contribution in [2.75, 3.05) is 0 Å². The molecule has 0 aliphatic heterocycles. The number of carbonyl (C=O) groups is 1. The summed E-state index contributed by atoms with van der Waals surface area (Å²) < 4.78 is 16.8. The summed E-state index contributed by atoms with van der Waals surface area (Å²) in [7, 11) is -1.40. The Labute approximate surface area is 99.6 Å². The summed E-state index contributed by atoms with van der Waals surface area (Å²) in [6.07, 6.45) is 3.24. The molecular weight excluding hydrogens is 242 g/mol. The number of furan rings is 1. The van der Waals surface area contributed by atoms with Gasteiger partial charge in [0.1, 0.15) is 0 Å². The van der Waals surface area contributed by atoms with E-state index in [1.807, 2.05) is 0 Å². The van der Waals surface area contributed by atoms with Gasteiger partial charge in [0, 0.05) is 12.4 Å². The average Bonchev–Trinajstić information content (AvgIpc) is 2.79. The predicted molar refractivity (Wildman–Crippen MR) is 60.0 cm³/mol. The van der Waals surface area contributed by atoms with Crippen LogP contribution in [0.15, 0.2) is 46.2 Å². The number of rotatable bonds is 4. The van der Waals surface area contributed by atoms with Gasteiger partial charge in [-0.2, -0.15) is 0 Å². The van der Waals surface area contributed by atoms with E-state index in [0.717, 1.165) is 5.56 Å². The lowest BCUT2D eigenvalue weighted by atomic mass is 10.3. The summed E-state index contributed by atoms with van der Waals surface area (Å²) in [5.74, 6) is -1.13. The Morgan fingerprint density at radius 2 is 2.24 bits per heavy atom. The molecular formula is C11H9NO4S. The number of nitrogens with zero attached hydrogens (tertiary/aromatic N) is 1. The van der Waals surface area contributed by atoms with Crippen LogP contribution in [0.4, 0.5) is 0 Å². The molecule has 0 radical (unpaired) electrons. The van der Waals surface area contributed by atoms with E-state index in [1.165, 1.54) is 12.1 Å². The standard InChI is InChI=1S/C11H9NO4S/c13-11(14)9-3-4-10(16-9)17(15)7-8-2-1-5-12-6-8/h1-6H,7H2,(H,13,14). The monoisotopic (exact) mass is 251 g/mol. The third kappa shape index (κ3) is 2.79. The summed E-state index contributed by atoms with van der Waals surface area (Å²) in [5.41, 5.74) is 0.805. The lowest BCUT2D eigenvalue weighted by molar-refractivity contribution is 0.0656. The summed E-state index contributed by atoms with van der Waals surface area (Å²) >= 11 is 0. The number of carboxylic acid groups (broad SMARTS) is 1. The third-order valence-electron chi connectivity index (χ3n) is 2.04. The van der Waals surface area contributed by atoms with Crippen molar-refractivity contribution in [3.8, 4) is 0 Å². The van der Waals surface area contributed by atoms with Crippen LogP contribution in [0.2, 0.25) is 0 Å². The molecule has 1 N–H and O–H groups in total. The molecule has 0 bridgehead atoms. The van der Waals surface area contributed by atoms with E-state index in [2.05, 4.69) is 4.98 Å². The lowest BCUT2D eigenvalue weighted by Crippen LogP contribution is -1.96. The van der Waals surface area contributed by atoms with Gasteiger partial charge in [-0.15, -0.1) is 0 Å². The van der Waals surface area contributed by atoms with Crippen molar-refractivity contribution < 1.29 is 18.5 Å². The Balaban J connectivity index is 2.12. The molecule has 1 atom stereocenters. The highest BCUT2D eigenvalue weighted by molar-refractivity contribution is 7.84. The summed E-state index contributed by atoms with van der Waals surface area (Å²) in [6.45, 7) is 0. The van der Waals surface area contributed by atoms with Gasteiger partial charge in [0.15, 0.2) is 5.09 Å². The fourth-order valence-electron chi connectivity index (χ4n) is 1.26. The van der Waals surface area contributed by atoms with Gasteiger partial charge in [-0.3, -0.25) is 9.19 Å². The van der Waals surface area contributed by atoms with Crippen molar-refractivity contribution in [2.45, 2.75) is 10.8 Å². The molecule has 0 aliphatic rings. The van der Waals surface area contributed by atoms with Gasteiger partial charge in [0.05, 0.1) is 16.6 Å². The molecule has 2 aromatic rings. The number of aromatic carboxylic acids is 1. The van der Waals surface area contributed by atoms with Crippen molar-refractivity contribution in [3.05, 3.63) is 48.0 Å². The van der Waals surface area contributed by atoms with Crippen LogP contribution in [0, 0.1) is 0 Å². The van der Waals surface area contributed by atoms with E-state index in [-0.39, 0.29) is 16.6 Å². The minimum Gasteiger partial charge on any atom is -0.475 e. The maximum Gasteiger partial charge on any atom is 0.371 e. The molecule has 0 saturated heterocycles. The van der Waals surface area contributed by atoms with E-state index in [0.29, 0.717) is 0 Å². The second-order valence-electron chi connectivity index (χ2n) is 3.27. The van der Waals surface area contributed by atoms with Crippen LogP contribution >= 0.6 is 0 Å². The van der Waals surface area contributed by atoms with Crippen molar-refractivity contribution in [2.24, 2.45) is 0 Å². The molecule has 2 rings (SSSR count). The van der Waals surface area contributed by atoms with Crippen LogP contribution < -0.4 is 0 Å². The maximum absolute atomic E-state index is 11.8. The highest BCUT2D eigenvalue weighted by Crippen LogP contribution is 2.15. The zero-order valence-electron chi connectivity index (χ0n) is 8.70. The van der Waals surface area contributed by atoms with Gasteiger partial charge in [0.2, 0.25) is 5.76 Å². The van der Waals surface area contributed by atoms with Crippen molar-refractivity contribution in [3.63, 3.8) is 0 Å². The van der Waals surface area contributed by atoms with Crippen LogP contribution in [0.25, 0.3) is 0 Å².